The van der Waals surface area contributed by atoms with Gasteiger partial charge in [0.05, 0.1) is 0 Å². The molecule has 2 aromatic rings. The molecule has 0 heterocycles. The van der Waals surface area contributed by atoms with E-state index in [-0.39, 0.29) is 6.10 Å². The zero-order valence-electron chi connectivity index (χ0n) is 19.0. The van der Waals surface area contributed by atoms with E-state index in [1.807, 2.05) is 36.4 Å². The van der Waals surface area contributed by atoms with Gasteiger partial charge in [0.25, 0.3) is 0 Å². The standard InChI is InChI=1S/C27H38O3/c1-4-7-11-18-25(23-16-12-10-13-17-23)29-27(28)30-26-20-19-22(14-8-5-2)21-24(26)15-9-6-3/h10,12-13,16-17,19-21,25H,4-9,11,14-15,18H2,1-3H3. The Labute approximate surface area is 182 Å². The summed E-state index contributed by atoms with van der Waals surface area (Å²) < 4.78 is 11.5. The van der Waals surface area contributed by atoms with Crippen molar-refractivity contribution in [1.82, 2.24) is 0 Å². The molecule has 0 spiro atoms. The second-order valence-electron chi connectivity index (χ2n) is 8.01. The minimum Gasteiger partial charge on any atom is -0.426 e. The monoisotopic (exact) mass is 410 g/mol. The second-order valence-corrected chi connectivity index (χ2v) is 8.01. The van der Waals surface area contributed by atoms with E-state index < -0.39 is 6.16 Å². The van der Waals surface area contributed by atoms with Gasteiger partial charge in [0, 0.05) is 0 Å². The average Bonchev–Trinajstić information content (AvgIpc) is 2.77. The molecule has 3 heteroatoms. The van der Waals surface area contributed by atoms with Crippen molar-refractivity contribution in [3.8, 4) is 5.75 Å². The van der Waals surface area contributed by atoms with Crippen molar-refractivity contribution in [2.75, 3.05) is 0 Å². The van der Waals surface area contributed by atoms with Crippen molar-refractivity contribution >= 4 is 6.16 Å². The maximum absolute atomic E-state index is 12.7. The third kappa shape index (κ3) is 8.22. The van der Waals surface area contributed by atoms with Crippen molar-refractivity contribution in [3.05, 3.63) is 65.2 Å². The highest BCUT2D eigenvalue weighted by Crippen LogP contribution is 2.27. The predicted molar refractivity (Wildman–Crippen MR) is 124 cm³/mol. The van der Waals surface area contributed by atoms with Crippen LogP contribution in [-0.4, -0.2) is 6.16 Å². The fourth-order valence-electron chi connectivity index (χ4n) is 3.60. The van der Waals surface area contributed by atoms with Gasteiger partial charge in [-0.15, -0.1) is 0 Å². The van der Waals surface area contributed by atoms with Gasteiger partial charge in [0.15, 0.2) is 0 Å². The Bertz CT molecular complexity index is 739. The number of carbonyl (C=O) groups is 1. The van der Waals surface area contributed by atoms with Gasteiger partial charge in [-0.1, -0.05) is 88.9 Å². The number of hydrogen-bond acceptors (Lipinski definition) is 3. The molecule has 30 heavy (non-hydrogen) atoms. The van der Waals surface area contributed by atoms with Gasteiger partial charge in [-0.25, -0.2) is 4.79 Å². The number of aryl methyl sites for hydroxylation is 2. The van der Waals surface area contributed by atoms with Crippen molar-refractivity contribution in [2.24, 2.45) is 0 Å². The Hall–Kier alpha value is -2.29. The molecule has 0 amide bonds. The van der Waals surface area contributed by atoms with Crippen LogP contribution in [0.5, 0.6) is 5.75 Å². The van der Waals surface area contributed by atoms with E-state index in [2.05, 4.69) is 32.9 Å². The van der Waals surface area contributed by atoms with Crippen LogP contribution in [0.1, 0.15) is 94.9 Å². The second kappa shape index (κ2) is 13.8. The molecule has 0 N–H and O–H groups in total. The van der Waals surface area contributed by atoms with E-state index in [9.17, 15) is 4.79 Å². The molecular weight excluding hydrogens is 372 g/mol. The predicted octanol–water partition coefficient (Wildman–Crippen LogP) is 8.21. The number of rotatable bonds is 13. The normalized spacial score (nSPS) is 11.8. The molecule has 2 rings (SSSR count). The third-order valence-electron chi connectivity index (χ3n) is 5.42. The topological polar surface area (TPSA) is 35.5 Å². The molecule has 1 unspecified atom stereocenters. The largest absolute Gasteiger partial charge is 0.514 e. The number of hydrogen-bond donors (Lipinski definition) is 0. The van der Waals surface area contributed by atoms with Gasteiger partial charge in [-0.3, -0.25) is 0 Å². The van der Waals surface area contributed by atoms with Gasteiger partial charge >= 0.3 is 6.16 Å². The third-order valence-corrected chi connectivity index (χ3v) is 5.42. The van der Waals surface area contributed by atoms with Crippen LogP contribution in [0.2, 0.25) is 0 Å². The smallest absolute Gasteiger partial charge is 0.426 e. The summed E-state index contributed by atoms with van der Waals surface area (Å²) in [6.07, 6.45) is 9.73. The Kier molecular flexibility index (Phi) is 11.1. The van der Waals surface area contributed by atoms with Gasteiger partial charge in [0.1, 0.15) is 11.9 Å². The lowest BCUT2D eigenvalue weighted by atomic mass is 10.0. The first-order valence-corrected chi connectivity index (χ1v) is 11.7. The van der Waals surface area contributed by atoms with Crippen LogP contribution >= 0.6 is 0 Å². The van der Waals surface area contributed by atoms with Crippen molar-refractivity contribution in [1.29, 1.82) is 0 Å². The Morgan fingerprint density at radius 3 is 2.23 bits per heavy atom. The molecule has 0 bridgehead atoms. The summed E-state index contributed by atoms with van der Waals surface area (Å²) in [6, 6.07) is 16.2. The molecule has 0 aliphatic carbocycles. The molecule has 0 fully saturated rings. The van der Waals surface area contributed by atoms with Crippen LogP contribution in [0.15, 0.2) is 48.5 Å². The Morgan fingerprint density at radius 2 is 1.53 bits per heavy atom. The molecule has 1 atom stereocenters. The van der Waals surface area contributed by atoms with Crippen LogP contribution in [0.3, 0.4) is 0 Å². The lowest BCUT2D eigenvalue weighted by Gasteiger charge is -2.19. The summed E-state index contributed by atoms with van der Waals surface area (Å²) >= 11 is 0. The van der Waals surface area contributed by atoms with E-state index in [0.29, 0.717) is 5.75 Å². The van der Waals surface area contributed by atoms with E-state index in [4.69, 9.17) is 9.47 Å². The zero-order valence-corrected chi connectivity index (χ0v) is 19.0. The molecule has 0 saturated heterocycles. The van der Waals surface area contributed by atoms with E-state index in [1.165, 1.54) is 18.4 Å². The van der Waals surface area contributed by atoms with Crippen molar-refractivity contribution in [2.45, 2.75) is 91.1 Å². The van der Waals surface area contributed by atoms with Gasteiger partial charge in [0.2, 0.25) is 0 Å². The maximum atomic E-state index is 12.7. The first kappa shape index (κ1) is 24.0. The highest BCUT2D eigenvalue weighted by molar-refractivity contribution is 5.65. The molecule has 0 aliphatic heterocycles. The van der Waals surface area contributed by atoms with Crippen LogP contribution < -0.4 is 4.74 Å². The lowest BCUT2D eigenvalue weighted by Crippen LogP contribution is -2.16. The minimum atomic E-state index is -0.612. The number of carbonyl (C=O) groups excluding carboxylic acids is 1. The summed E-state index contributed by atoms with van der Waals surface area (Å²) in [5, 5.41) is 0. The summed E-state index contributed by atoms with van der Waals surface area (Å²) in [4.78, 5) is 12.7. The first-order chi connectivity index (χ1) is 14.7. The van der Waals surface area contributed by atoms with Gasteiger partial charge in [-0.2, -0.15) is 0 Å². The van der Waals surface area contributed by atoms with Crippen molar-refractivity contribution in [3.63, 3.8) is 0 Å². The molecule has 0 aliphatic rings. The van der Waals surface area contributed by atoms with Crippen LogP contribution in [0, 0.1) is 0 Å². The summed E-state index contributed by atoms with van der Waals surface area (Å²) in [5.74, 6) is 0.633. The highest BCUT2D eigenvalue weighted by atomic mass is 16.7. The van der Waals surface area contributed by atoms with Gasteiger partial charge < -0.3 is 9.47 Å². The number of unbranched alkanes of at least 4 members (excludes halogenated alkanes) is 4. The molecule has 2 aromatic carbocycles. The summed E-state index contributed by atoms with van der Waals surface area (Å²) in [7, 11) is 0. The summed E-state index contributed by atoms with van der Waals surface area (Å²) in [6.45, 7) is 6.56. The molecular formula is C27H38O3. The quantitative estimate of drug-likeness (QED) is 0.190. The van der Waals surface area contributed by atoms with Crippen LogP contribution in [0.25, 0.3) is 0 Å². The minimum absolute atomic E-state index is 0.270. The molecule has 0 saturated carbocycles. The Balaban J connectivity index is 2.09. The maximum Gasteiger partial charge on any atom is 0.514 e. The van der Waals surface area contributed by atoms with E-state index in [0.717, 1.165) is 62.5 Å². The first-order valence-electron chi connectivity index (χ1n) is 11.7. The van der Waals surface area contributed by atoms with Crippen LogP contribution in [0.4, 0.5) is 4.79 Å². The van der Waals surface area contributed by atoms with E-state index in [1.54, 1.807) is 0 Å². The fourth-order valence-corrected chi connectivity index (χ4v) is 3.60. The zero-order chi connectivity index (χ0) is 21.6. The van der Waals surface area contributed by atoms with Crippen molar-refractivity contribution < 1.29 is 14.3 Å². The SMILES string of the molecule is CCCCCC(OC(=O)Oc1ccc(CCCC)cc1CCCC)c1ccccc1. The molecule has 0 radical (unpaired) electrons. The highest BCUT2D eigenvalue weighted by Gasteiger charge is 2.19. The van der Waals surface area contributed by atoms with E-state index >= 15 is 0 Å². The van der Waals surface area contributed by atoms with Crippen LogP contribution in [-0.2, 0) is 17.6 Å². The molecule has 0 aromatic heterocycles. The number of ether oxygens (including phenoxy) is 2. The fraction of sp³-hybridized carbons (Fsp3) is 0.519. The molecule has 164 valence electrons. The Morgan fingerprint density at radius 1 is 0.833 bits per heavy atom. The molecule has 3 nitrogen and oxygen atoms in total. The van der Waals surface area contributed by atoms with Gasteiger partial charge in [-0.05, 0) is 61.3 Å². The average molecular weight is 411 g/mol. The number of benzene rings is 2. The lowest BCUT2D eigenvalue weighted by molar-refractivity contribution is 0.0526. The summed E-state index contributed by atoms with van der Waals surface area (Å²) in [5.41, 5.74) is 3.43.